The van der Waals surface area contributed by atoms with Crippen LogP contribution in [0.25, 0.3) is 0 Å². The number of hydrogen-bond acceptors (Lipinski definition) is 3. The summed E-state index contributed by atoms with van der Waals surface area (Å²) in [5, 5.41) is 4.07. The summed E-state index contributed by atoms with van der Waals surface area (Å²) in [6.07, 6.45) is 0. The van der Waals surface area contributed by atoms with Crippen LogP contribution in [0.5, 0.6) is 5.75 Å². The van der Waals surface area contributed by atoms with Crippen molar-refractivity contribution in [1.82, 2.24) is 5.32 Å². The number of thioether (sulfide) groups is 1. The van der Waals surface area contributed by atoms with E-state index in [1.165, 1.54) is 10.5 Å². The van der Waals surface area contributed by atoms with Crippen LogP contribution in [0.2, 0.25) is 5.02 Å². The molecule has 2 rings (SSSR count). The highest BCUT2D eigenvalue weighted by molar-refractivity contribution is 7.99. The van der Waals surface area contributed by atoms with Gasteiger partial charge < -0.3 is 10.1 Å². The molecule has 0 aliphatic heterocycles. The first-order valence-electron chi connectivity index (χ1n) is 6.84. The highest BCUT2D eigenvalue weighted by atomic mass is 35.5. The Balaban J connectivity index is 2.15. The van der Waals surface area contributed by atoms with E-state index in [0.717, 1.165) is 22.1 Å². The molecule has 1 N–H and O–H groups in total. The quantitative estimate of drug-likeness (QED) is 0.778. The summed E-state index contributed by atoms with van der Waals surface area (Å²) in [7, 11) is 3.65. The van der Waals surface area contributed by atoms with Crippen molar-refractivity contribution in [2.75, 3.05) is 19.9 Å². The number of nitrogens with one attached hydrogen (secondary N) is 1. The van der Waals surface area contributed by atoms with Gasteiger partial charge in [-0.1, -0.05) is 29.3 Å². The van der Waals surface area contributed by atoms with Gasteiger partial charge in [0.15, 0.2) is 0 Å². The van der Waals surface area contributed by atoms with E-state index in [4.69, 9.17) is 16.3 Å². The number of rotatable bonds is 6. The van der Waals surface area contributed by atoms with Crippen LogP contribution in [0.3, 0.4) is 0 Å². The fourth-order valence-electron chi connectivity index (χ4n) is 2.19. The lowest BCUT2D eigenvalue weighted by atomic mass is 10.1. The molecule has 0 aromatic heterocycles. The third-order valence-electron chi connectivity index (χ3n) is 3.32. The van der Waals surface area contributed by atoms with Crippen molar-refractivity contribution in [3.05, 3.63) is 58.6 Å². The Morgan fingerprint density at radius 2 is 2.05 bits per heavy atom. The molecule has 2 aromatic carbocycles. The number of aryl methyl sites for hydroxylation is 1. The van der Waals surface area contributed by atoms with E-state index in [2.05, 4.69) is 36.5 Å². The molecule has 4 heteroatoms. The predicted octanol–water partition coefficient (Wildman–Crippen LogP) is 4.71. The minimum Gasteiger partial charge on any atom is -0.496 e. The van der Waals surface area contributed by atoms with Gasteiger partial charge >= 0.3 is 0 Å². The fourth-order valence-corrected chi connectivity index (χ4v) is 3.52. The summed E-state index contributed by atoms with van der Waals surface area (Å²) in [6, 6.07) is 14.5. The molecule has 0 saturated heterocycles. The lowest BCUT2D eigenvalue weighted by molar-refractivity contribution is 0.404. The van der Waals surface area contributed by atoms with Gasteiger partial charge in [-0.2, -0.15) is 0 Å². The molecule has 0 fully saturated rings. The second-order valence-corrected chi connectivity index (χ2v) is 6.38. The Labute approximate surface area is 135 Å². The minimum atomic E-state index is 0.184. The van der Waals surface area contributed by atoms with Crippen molar-refractivity contribution < 1.29 is 4.74 Å². The standard InChI is InChI=1S/C17H20ClNOS/c1-12-5-4-6-14(9-12)21-11-16(19-2)15-10-13(18)7-8-17(15)20-3/h4-10,16,19H,11H2,1-3H3. The topological polar surface area (TPSA) is 21.3 Å². The van der Waals surface area contributed by atoms with Crippen molar-refractivity contribution in [3.8, 4) is 5.75 Å². The Morgan fingerprint density at radius 3 is 2.71 bits per heavy atom. The summed E-state index contributed by atoms with van der Waals surface area (Å²) >= 11 is 7.95. The Bertz CT molecular complexity index is 603. The van der Waals surface area contributed by atoms with Crippen molar-refractivity contribution in [2.45, 2.75) is 17.9 Å². The van der Waals surface area contributed by atoms with Crippen molar-refractivity contribution in [3.63, 3.8) is 0 Å². The molecular weight excluding hydrogens is 302 g/mol. The maximum Gasteiger partial charge on any atom is 0.123 e. The second-order valence-electron chi connectivity index (χ2n) is 4.86. The molecular formula is C17H20ClNOS. The molecule has 112 valence electrons. The van der Waals surface area contributed by atoms with Crippen molar-refractivity contribution in [2.24, 2.45) is 0 Å². The van der Waals surface area contributed by atoms with Crippen LogP contribution in [-0.4, -0.2) is 19.9 Å². The summed E-state index contributed by atoms with van der Waals surface area (Å²) in [6.45, 7) is 2.11. The Morgan fingerprint density at radius 1 is 1.24 bits per heavy atom. The van der Waals surface area contributed by atoms with Gasteiger partial charge in [0.2, 0.25) is 0 Å². The van der Waals surface area contributed by atoms with E-state index in [9.17, 15) is 0 Å². The van der Waals surface area contributed by atoms with Crippen LogP contribution >= 0.6 is 23.4 Å². The first kappa shape index (κ1) is 16.2. The number of halogens is 1. The smallest absolute Gasteiger partial charge is 0.123 e. The summed E-state index contributed by atoms with van der Waals surface area (Å²) in [4.78, 5) is 1.27. The average Bonchev–Trinajstić information content (AvgIpc) is 2.48. The minimum absolute atomic E-state index is 0.184. The average molecular weight is 322 g/mol. The van der Waals surface area contributed by atoms with Gasteiger partial charge in [-0.15, -0.1) is 11.8 Å². The molecule has 1 atom stereocenters. The van der Waals surface area contributed by atoms with Gasteiger partial charge in [-0.05, 0) is 44.3 Å². The molecule has 0 radical (unpaired) electrons. The van der Waals surface area contributed by atoms with Crippen LogP contribution in [0.15, 0.2) is 47.4 Å². The van der Waals surface area contributed by atoms with Gasteiger partial charge in [0, 0.05) is 27.3 Å². The molecule has 0 aliphatic rings. The number of hydrogen-bond donors (Lipinski definition) is 1. The first-order chi connectivity index (χ1) is 10.1. The maximum absolute atomic E-state index is 6.12. The van der Waals surface area contributed by atoms with Gasteiger partial charge in [0.25, 0.3) is 0 Å². The molecule has 1 unspecified atom stereocenters. The van der Waals surface area contributed by atoms with E-state index >= 15 is 0 Å². The highest BCUT2D eigenvalue weighted by Crippen LogP contribution is 2.32. The summed E-state index contributed by atoms with van der Waals surface area (Å²) < 4.78 is 5.45. The summed E-state index contributed by atoms with van der Waals surface area (Å²) in [5.41, 5.74) is 2.37. The second kappa shape index (κ2) is 7.74. The monoisotopic (exact) mass is 321 g/mol. The normalized spacial score (nSPS) is 12.2. The zero-order valence-corrected chi connectivity index (χ0v) is 14.1. The van der Waals surface area contributed by atoms with Crippen LogP contribution in [0, 0.1) is 6.92 Å². The van der Waals surface area contributed by atoms with Gasteiger partial charge in [-0.25, -0.2) is 0 Å². The number of ether oxygens (including phenoxy) is 1. The van der Waals surface area contributed by atoms with Gasteiger partial charge in [-0.3, -0.25) is 0 Å². The largest absolute Gasteiger partial charge is 0.496 e. The van der Waals surface area contributed by atoms with Crippen molar-refractivity contribution in [1.29, 1.82) is 0 Å². The zero-order chi connectivity index (χ0) is 15.2. The third kappa shape index (κ3) is 4.40. The van der Waals surface area contributed by atoms with E-state index in [-0.39, 0.29) is 6.04 Å². The molecule has 2 nitrogen and oxygen atoms in total. The number of benzene rings is 2. The molecule has 0 aliphatic carbocycles. The lowest BCUT2D eigenvalue weighted by Gasteiger charge is -2.19. The van der Waals surface area contributed by atoms with E-state index in [0.29, 0.717) is 0 Å². The van der Waals surface area contributed by atoms with Crippen molar-refractivity contribution >= 4 is 23.4 Å². The molecule has 2 aromatic rings. The molecule has 0 spiro atoms. The first-order valence-corrected chi connectivity index (χ1v) is 8.20. The molecule has 0 heterocycles. The van der Waals surface area contributed by atoms with Crippen LogP contribution in [0.4, 0.5) is 0 Å². The predicted molar refractivity (Wildman–Crippen MR) is 91.7 cm³/mol. The number of methoxy groups -OCH3 is 1. The fraction of sp³-hybridized carbons (Fsp3) is 0.294. The zero-order valence-electron chi connectivity index (χ0n) is 12.5. The summed E-state index contributed by atoms with van der Waals surface area (Å²) in [5.74, 6) is 1.78. The molecule has 0 saturated carbocycles. The Hall–Kier alpha value is -1.16. The highest BCUT2D eigenvalue weighted by Gasteiger charge is 2.15. The van der Waals surface area contributed by atoms with E-state index < -0.39 is 0 Å². The van der Waals surface area contributed by atoms with Crippen LogP contribution < -0.4 is 10.1 Å². The lowest BCUT2D eigenvalue weighted by Crippen LogP contribution is -2.19. The molecule has 0 amide bonds. The SMILES string of the molecule is CNC(CSc1cccc(C)c1)c1cc(Cl)ccc1OC. The Kier molecular flexibility index (Phi) is 5.97. The van der Waals surface area contributed by atoms with Crippen LogP contribution in [0.1, 0.15) is 17.2 Å². The van der Waals surface area contributed by atoms with Crippen LogP contribution in [-0.2, 0) is 0 Å². The molecule has 0 bridgehead atoms. The maximum atomic E-state index is 6.12. The van der Waals surface area contributed by atoms with E-state index in [1.54, 1.807) is 7.11 Å². The molecule has 21 heavy (non-hydrogen) atoms. The van der Waals surface area contributed by atoms with Gasteiger partial charge in [0.05, 0.1) is 7.11 Å². The van der Waals surface area contributed by atoms with E-state index in [1.807, 2.05) is 37.0 Å². The third-order valence-corrected chi connectivity index (χ3v) is 4.64. The van der Waals surface area contributed by atoms with Gasteiger partial charge in [0.1, 0.15) is 5.75 Å².